The van der Waals surface area contributed by atoms with Crippen molar-refractivity contribution in [2.24, 2.45) is 0 Å². The summed E-state index contributed by atoms with van der Waals surface area (Å²) in [6, 6.07) is 21.9. The van der Waals surface area contributed by atoms with E-state index in [-0.39, 0.29) is 0 Å². The summed E-state index contributed by atoms with van der Waals surface area (Å²) in [6.45, 7) is 9.32. The second-order valence-corrected chi connectivity index (χ2v) is 13.3. The molecule has 3 heteroatoms. The van der Waals surface area contributed by atoms with Crippen LogP contribution in [-0.2, 0) is 6.42 Å². The highest BCUT2D eigenvalue weighted by Crippen LogP contribution is 2.38. The van der Waals surface area contributed by atoms with E-state index in [1.165, 1.54) is 27.2 Å². The zero-order valence-corrected chi connectivity index (χ0v) is 17.8. The minimum absolute atomic E-state index is 0.963. The van der Waals surface area contributed by atoms with Gasteiger partial charge in [0.2, 0.25) is 0 Å². The molecule has 0 saturated heterocycles. The molecule has 0 aliphatic heterocycles. The molecule has 0 radical (unpaired) electrons. The van der Waals surface area contributed by atoms with Crippen LogP contribution in [0.1, 0.15) is 12.5 Å². The first-order valence-corrected chi connectivity index (χ1v) is 13.2. The number of furan rings is 1. The molecule has 0 amide bonds. The molecule has 0 saturated carbocycles. The van der Waals surface area contributed by atoms with Crippen LogP contribution in [0.2, 0.25) is 19.6 Å². The van der Waals surface area contributed by atoms with Crippen LogP contribution >= 0.6 is 0 Å². The summed E-state index contributed by atoms with van der Waals surface area (Å²) < 4.78 is 6.39. The molecule has 138 valence electrons. The smallest absolute Gasteiger partial charge is 0.159 e. The molecule has 1 heterocycles. The van der Waals surface area contributed by atoms with Crippen molar-refractivity contribution in [3.63, 3.8) is 0 Å². The molecule has 4 rings (SSSR count). The average Bonchev–Trinajstić information content (AvgIpc) is 3.05. The van der Waals surface area contributed by atoms with E-state index in [0.717, 1.165) is 23.3 Å². The summed E-state index contributed by atoms with van der Waals surface area (Å²) in [6.07, 6.45) is 0.973. The Labute approximate surface area is 162 Å². The highest BCUT2D eigenvalue weighted by atomic mass is 28.3. The lowest BCUT2D eigenvalue weighted by Crippen LogP contribution is -2.37. The van der Waals surface area contributed by atoms with E-state index < -0.39 is 8.07 Å². The van der Waals surface area contributed by atoms with Gasteiger partial charge in [0.15, 0.2) is 5.58 Å². The van der Waals surface area contributed by atoms with Crippen molar-refractivity contribution in [2.45, 2.75) is 33.0 Å². The van der Waals surface area contributed by atoms with Gasteiger partial charge in [-0.25, -0.2) is 0 Å². The third-order valence-electron chi connectivity index (χ3n) is 5.45. The Bertz CT molecular complexity index is 1100. The quantitative estimate of drug-likeness (QED) is 0.382. The Hall–Kier alpha value is -2.52. The molecule has 4 aromatic rings. The molecule has 0 unspecified atom stereocenters. The summed E-state index contributed by atoms with van der Waals surface area (Å²) in [7, 11) is 0.833. The van der Waals surface area contributed by atoms with E-state index in [9.17, 15) is 0 Å². The minimum Gasteiger partial charge on any atom is -0.454 e. The fourth-order valence-electron chi connectivity index (χ4n) is 3.73. The molecule has 27 heavy (non-hydrogen) atoms. The summed E-state index contributed by atoms with van der Waals surface area (Å²) in [5, 5.41) is 3.87. The first-order valence-electron chi connectivity index (χ1n) is 9.67. The van der Waals surface area contributed by atoms with Gasteiger partial charge in [0.25, 0.3) is 0 Å². The number of hydrogen-bond donors (Lipinski definition) is 0. The highest BCUT2D eigenvalue weighted by Gasteiger charge is 2.18. The fraction of sp³-hybridized carbons (Fsp3) is 0.250. The lowest BCUT2D eigenvalue weighted by Gasteiger charge is -2.22. The van der Waals surface area contributed by atoms with Gasteiger partial charge in [0.05, 0.1) is 13.8 Å². The SMILES string of the molecule is CCc1cccc2c1oc1c(N(C)c3ccc([Si](C)(C)C)cc3)cccc12. The van der Waals surface area contributed by atoms with E-state index >= 15 is 0 Å². The maximum Gasteiger partial charge on any atom is 0.159 e. The molecule has 2 nitrogen and oxygen atoms in total. The lowest BCUT2D eigenvalue weighted by atomic mass is 10.1. The van der Waals surface area contributed by atoms with Crippen LogP contribution in [0.4, 0.5) is 11.4 Å². The van der Waals surface area contributed by atoms with Gasteiger partial charge in [0, 0.05) is 23.5 Å². The molecule has 0 bridgehead atoms. The first kappa shape index (κ1) is 17.9. The van der Waals surface area contributed by atoms with Crippen LogP contribution in [-0.4, -0.2) is 15.1 Å². The summed E-state index contributed by atoms with van der Waals surface area (Å²) >= 11 is 0. The Balaban J connectivity index is 1.83. The van der Waals surface area contributed by atoms with Crippen molar-refractivity contribution in [2.75, 3.05) is 11.9 Å². The summed E-state index contributed by atoms with van der Waals surface area (Å²) in [5.41, 5.74) is 5.53. The van der Waals surface area contributed by atoms with Gasteiger partial charge in [-0.3, -0.25) is 0 Å². The highest BCUT2D eigenvalue weighted by molar-refractivity contribution is 6.88. The number of benzene rings is 3. The summed E-state index contributed by atoms with van der Waals surface area (Å²) in [5.74, 6) is 0. The van der Waals surface area contributed by atoms with Gasteiger partial charge >= 0.3 is 0 Å². The molecule has 0 aliphatic carbocycles. The van der Waals surface area contributed by atoms with Crippen molar-refractivity contribution < 1.29 is 4.42 Å². The number of fused-ring (bicyclic) bond motifs is 3. The van der Waals surface area contributed by atoms with Gasteiger partial charge in [-0.1, -0.05) is 74.2 Å². The Kier molecular flexibility index (Phi) is 4.35. The predicted molar refractivity (Wildman–Crippen MR) is 121 cm³/mol. The van der Waals surface area contributed by atoms with Crippen LogP contribution in [0, 0.1) is 0 Å². The monoisotopic (exact) mass is 373 g/mol. The molecule has 0 spiro atoms. The van der Waals surface area contributed by atoms with Crippen molar-refractivity contribution in [1.82, 2.24) is 0 Å². The van der Waals surface area contributed by atoms with Crippen LogP contribution < -0.4 is 10.1 Å². The normalized spacial score (nSPS) is 12.0. The van der Waals surface area contributed by atoms with E-state index in [4.69, 9.17) is 4.42 Å². The fourth-order valence-corrected chi connectivity index (χ4v) is 4.90. The van der Waals surface area contributed by atoms with Crippen molar-refractivity contribution >= 4 is 46.6 Å². The van der Waals surface area contributed by atoms with Crippen molar-refractivity contribution in [3.05, 3.63) is 66.2 Å². The average molecular weight is 374 g/mol. The number of para-hydroxylation sites is 2. The molecule has 3 aromatic carbocycles. The van der Waals surface area contributed by atoms with Crippen molar-refractivity contribution in [1.29, 1.82) is 0 Å². The standard InChI is InChI=1S/C24H27NOSi/c1-6-17-9-7-10-20-21-11-8-12-22(24(21)26-23(17)20)25(2)18-13-15-19(16-14-18)27(3,4)5/h7-16H,6H2,1-5H3. The number of nitrogens with zero attached hydrogens (tertiary/aromatic N) is 1. The zero-order valence-electron chi connectivity index (χ0n) is 16.8. The van der Waals surface area contributed by atoms with Gasteiger partial charge in [-0.2, -0.15) is 0 Å². The maximum absolute atomic E-state index is 6.39. The molecular weight excluding hydrogens is 346 g/mol. The van der Waals surface area contributed by atoms with E-state index in [1.807, 2.05) is 0 Å². The van der Waals surface area contributed by atoms with Gasteiger partial charge in [-0.05, 0) is 30.2 Å². The number of aryl methyl sites for hydroxylation is 1. The molecule has 0 aliphatic rings. The zero-order chi connectivity index (χ0) is 19.2. The summed E-state index contributed by atoms with van der Waals surface area (Å²) in [4.78, 5) is 2.23. The Morgan fingerprint density at radius 3 is 2.07 bits per heavy atom. The number of hydrogen-bond acceptors (Lipinski definition) is 2. The van der Waals surface area contributed by atoms with E-state index in [1.54, 1.807) is 0 Å². The molecule has 0 fully saturated rings. The van der Waals surface area contributed by atoms with E-state index in [0.29, 0.717) is 0 Å². The molecular formula is C24H27NOSi. The third-order valence-corrected chi connectivity index (χ3v) is 7.51. The Morgan fingerprint density at radius 2 is 1.44 bits per heavy atom. The largest absolute Gasteiger partial charge is 0.454 e. The third kappa shape index (κ3) is 3.06. The molecule has 1 aromatic heterocycles. The van der Waals surface area contributed by atoms with Crippen LogP contribution in [0.3, 0.4) is 0 Å². The van der Waals surface area contributed by atoms with Crippen LogP contribution in [0.15, 0.2) is 65.1 Å². The second-order valence-electron chi connectivity index (χ2n) is 8.26. The second kappa shape index (κ2) is 6.57. The van der Waals surface area contributed by atoms with E-state index in [2.05, 4.69) is 99.2 Å². The number of anilines is 2. The Morgan fingerprint density at radius 1 is 0.815 bits per heavy atom. The number of rotatable bonds is 4. The van der Waals surface area contributed by atoms with Crippen LogP contribution in [0.25, 0.3) is 21.9 Å². The molecule has 0 atom stereocenters. The minimum atomic E-state index is -1.28. The van der Waals surface area contributed by atoms with Gasteiger partial charge in [0.1, 0.15) is 5.58 Å². The van der Waals surface area contributed by atoms with Crippen LogP contribution in [0.5, 0.6) is 0 Å². The predicted octanol–water partition coefficient (Wildman–Crippen LogP) is 6.46. The molecule has 0 N–H and O–H groups in total. The van der Waals surface area contributed by atoms with Crippen molar-refractivity contribution in [3.8, 4) is 0 Å². The van der Waals surface area contributed by atoms with Gasteiger partial charge in [-0.15, -0.1) is 0 Å². The topological polar surface area (TPSA) is 16.4 Å². The lowest BCUT2D eigenvalue weighted by molar-refractivity contribution is 0.663. The first-order chi connectivity index (χ1) is 12.9. The maximum atomic E-state index is 6.39. The van der Waals surface area contributed by atoms with Gasteiger partial charge < -0.3 is 9.32 Å².